The number of hydrogen-bond acceptors (Lipinski definition) is 4. The highest BCUT2D eigenvalue weighted by Crippen LogP contribution is 2.17. The molecule has 19 heavy (non-hydrogen) atoms. The van der Waals surface area contributed by atoms with Gasteiger partial charge in [-0.2, -0.15) is 0 Å². The van der Waals surface area contributed by atoms with Crippen LogP contribution in [-0.4, -0.2) is 37.0 Å². The van der Waals surface area contributed by atoms with Gasteiger partial charge in [-0.1, -0.05) is 30.3 Å². The molecule has 0 atom stereocenters. The van der Waals surface area contributed by atoms with Gasteiger partial charge in [0.25, 0.3) is 5.91 Å². The summed E-state index contributed by atoms with van der Waals surface area (Å²) in [5, 5.41) is 0. The van der Waals surface area contributed by atoms with Crippen molar-refractivity contribution >= 4 is 11.9 Å². The predicted octanol–water partition coefficient (Wildman–Crippen LogP) is 0.457. The van der Waals surface area contributed by atoms with Crippen LogP contribution in [0.4, 0.5) is 0 Å². The molecule has 1 heterocycles. The molecule has 1 aliphatic rings. The number of ether oxygens (including phenoxy) is 1. The third-order valence-electron chi connectivity index (χ3n) is 3.14. The van der Waals surface area contributed by atoms with Crippen LogP contribution in [0.1, 0.15) is 5.56 Å². The van der Waals surface area contributed by atoms with Crippen molar-refractivity contribution in [3.8, 4) is 0 Å². The number of amides is 1. The third-order valence-corrected chi connectivity index (χ3v) is 3.14. The first-order valence-corrected chi connectivity index (χ1v) is 6.03. The summed E-state index contributed by atoms with van der Waals surface area (Å²) < 4.78 is 4.61. The van der Waals surface area contributed by atoms with E-state index in [0.29, 0.717) is 6.54 Å². The maximum atomic E-state index is 11.9. The van der Waals surface area contributed by atoms with Crippen molar-refractivity contribution in [2.24, 2.45) is 5.73 Å². The minimum absolute atomic E-state index is 0.0000818. The summed E-state index contributed by atoms with van der Waals surface area (Å²) in [5.74, 6) is -0.829. The van der Waals surface area contributed by atoms with E-state index in [-0.39, 0.29) is 23.7 Å². The highest BCUT2D eigenvalue weighted by Gasteiger charge is 2.32. The lowest BCUT2D eigenvalue weighted by molar-refractivity contribution is -0.136. The summed E-state index contributed by atoms with van der Waals surface area (Å²) in [7, 11) is 1.28. The zero-order chi connectivity index (χ0) is 13.8. The number of carbonyl (C=O) groups is 2. The number of esters is 1. The minimum Gasteiger partial charge on any atom is -0.466 e. The SMILES string of the molecule is COC(=O)C1=C(N)C(=O)N(CCc2ccccc2)C1. The Bertz CT molecular complexity index is 523. The van der Waals surface area contributed by atoms with Crippen LogP contribution in [0.15, 0.2) is 41.6 Å². The van der Waals surface area contributed by atoms with E-state index in [1.54, 1.807) is 4.90 Å². The Kier molecular flexibility index (Phi) is 3.85. The second-order valence-electron chi connectivity index (χ2n) is 4.35. The molecule has 0 saturated carbocycles. The van der Waals surface area contributed by atoms with E-state index in [4.69, 9.17) is 5.73 Å². The summed E-state index contributed by atoms with van der Waals surface area (Å²) in [4.78, 5) is 24.9. The minimum atomic E-state index is -0.534. The Hall–Kier alpha value is -2.30. The molecule has 100 valence electrons. The van der Waals surface area contributed by atoms with Crippen LogP contribution in [0.25, 0.3) is 0 Å². The summed E-state index contributed by atoms with van der Waals surface area (Å²) >= 11 is 0. The first-order valence-electron chi connectivity index (χ1n) is 6.03. The molecule has 0 aromatic heterocycles. The van der Waals surface area contributed by atoms with Crippen LogP contribution in [-0.2, 0) is 20.7 Å². The van der Waals surface area contributed by atoms with E-state index < -0.39 is 5.97 Å². The van der Waals surface area contributed by atoms with Gasteiger partial charge in [-0.15, -0.1) is 0 Å². The molecule has 1 aliphatic heterocycles. The van der Waals surface area contributed by atoms with E-state index in [9.17, 15) is 9.59 Å². The molecular formula is C14H16N2O3. The van der Waals surface area contributed by atoms with Crippen molar-refractivity contribution < 1.29 is 14.3 Å². The fraction of sp³-hybridized carbons (Fsp3) is 0.286. The zero-order valence-electron chi connectivity index (χ0n) is 10.8. The number of methoxy groups -OCH3 is 1. The van der Waals surface area contributed by atoms with Crippen LogP contribution >= 0.6 is 0 Å². The molecule has 2 rings (SSSR count). The first-order chi connectivity index (χ1) is 9.13. The standard InChI is InChI=1S/C14H16N2O3/c1-19-14(18)11-9-16(13(17)12(11)15)8-7-10-5-3-2-4-6-10/h2-6H,7-9,15H2,1H3. The second kappa shape index (κ2) is 5.56. The van der Waals surface area contributed by atoms with Gasteiger partial charge in [0.15, 0.2) is 0 Å². The lowest BCUT2D eigenvalue weighted by atomic mass is 10.1. The van der Waals surface area contributed by atoms with Gasteiger partial charge < -0.3 is 15.4 Å². The number of benzene rings is 1. The summed E-state index contributed by atoms with van der Waals surface area (Å²) in [6.45, 7) is 0.758. The van der Waals surface area contributed by atoms with Gasteiger partial charge in [0.1, 0.15) is 5.70 Å². The first kappa shape index (κ1) is 13.1. The largest absolute Gasteiger partial charge is 0.466 e. The van der Waals surface area contributed by atoms with Gasteiger partial charge in [-0.25, -0.2) is 4.79 Å². The Morgan fingerprint density at radius 1 is 1.37 bits per heavy atom. The Morgan fingerprint density at radius 3 is 2.68 bits per heavy atom. The molecule has 0 radical (unpaired) electrons. The smallest absolute Gasteiger partial charge is 0.337 e. The summed E-state index contributed by atoms with van der Waals surface area (Å²) in [5.41, 5.74) is 7.04. The number of hydrogen-bond donors (Lipinski definition) is 1. The molecule has 0 spiro atoms. The fourth-order valence-electron chi connectivity index (χ4n) is 2.03. The lowest BCUT2D eigenvalue weighted by Gasteiger charge is -2.16. The van der Waals surface area contributed by atoms with Gasteiger partial charge in [-0.05, 0) is 12.0 Å². The molecule has 0 bridgehead atoms. The average Bonchev–Trinajstić information content (AvgIpc) is 2.73. The maximum Gasteiger partial charge on any atom is 0.337 e. The molecule has 5 nitrogen and oxygen atoms in total. The van der Waals surface area contributed by atoms with E-state index in [1.165, 1.54) is 7.11 Å². The van der Waals surface area contributed by atoms with E-state index in [0.717, 1.165) is 12.0 Å². The van der Waals surface area contributed by atoms with Gasteiger partial charge in [0, 0.05) is 6.54 Å². The molecule has 2 N–H and O–H groups in total. The van der Waals surface area contributed by atoms with Gasteiger partial charge in [0.2, 0.25) is 0 Å². The van der Waals surface area contributed by atoms with Crippen molar-refractivity contribution in [2.75, 3.05) is 20.2 Å². The summed E-state index contributed by atoms with van der Waals surface area (Å²) in [6, 6.07) is 9.85. The van der Waals surface area contributed by atoms with Crippen LogP contribution in [0, 0.1) is 0 Å². The van der Waals surface area contributed by atoms with Crippen molar-refractivity contribution in [1.82, 2.24) is 4.90 Å². The van der Waals surface area contributed by atoms with Crippen molar-refractivity contribution in [3.05, 3.63) is 47.2 Å². The molecule has 1 amide bonds. The van der Waals surface area contributed by atoms with E-state index in [1.807, 2.05) is 30.3 Å². The molecule has 0 fully saturated rings. The van der Waals surface area contributed by atoms with E-state index in [2.05, 4.69) is 4.74 Å². The number of nitrogens with zero attached hydrogens (tertiary/aromatic N) is 1. The zero-order valence-corrected chi connectivity index (χ0v) is 10.8. The molecule has 0 saturated heterocycles. The number of nitrogens with two attached hydrogens (primary N) is 1. The number of rotatable bonds is 4. The van der Waals surface area contributed by atoms with Crippen LogP contribution < -0.4 is 5.73 Å². The maximum absolute atomic E-state index is 11.9. The molecule has 0 unspecified atom stereocenters. The Labute approximate surface area is 111 Å². The average molecular weight is 260 g/mol. The van der Waals surface area contributed by atoms with Gasteiger partial charge >= 0.3 is 5.97 Å². The monoisotopic (exact) mass is 260 g/mol. The van der Waals surface area contributed by atoms with Crippen molar-refractivity contribution in [2.45, 2.75) is 6.42 Å². The van der Waals surface area contributed by atoms with Crippen LogP contribution in [0.2, 0.25) is 0 Å². The lowest BCUT2D eigenvalue weighted by Crippen LogP contribution is -2.31. The molecule has 1 aromatic carbocycles. The second-order valence-corrected chi connectivity index (χ2v) is 4.35. The van der Waals surface area contributed by atoms with E-state index >= 15 is 0 Å². The predicted molar refractivity (Wildman–Crippen MR) is 70.0 cm³/mol. The highest BCUT2D eigenvalue weighted by molar-refractivity contribution is 6.06. The summed E-state index contributed by atoms with van der Waals surface area (Å²) in [6.07, 6.45) is 0.730. The van der Waals surface area contributed by atoms with Crippen LogP contribution in [0.3, 0.4) is 0 Å². The van der Waals surface area contributed by atoms with Gasteiger partial charge in [0.05, 0.1) is 19.2 Å². The van der Waals surface area contributed by atoms with Gasteiger partial charge in [-0.3, -0.25) is 4.79 Å². The quantitative estimate of drug-likeness (QED) is 0.798. The topological polar surface area (TPSA) is 72.6 Å². The molecule has 0 aliphatic carbocycles. The number of carbonyl (C=O) groups excluding carboxylic acids is 2. The fourth-order valence-corrected chi connectivity index (χ4v) is 2.03. The third kappa shape index (κ3) is 2.76. The molecule has 1 aromatic rings. The normalized spacial score (nSPS) is 15.0. The van der Waals surface area contributed by atoms with Crippen LogP contribution in [0.5, 0.6) is 0 Å². The Morgan fingerprint density at radius 2 is 2.05 bits per heavy atom. The van der Waals surface area contributed by atoms with Crippen molar-refractivity contribution in [1.29, 1.82) is 0 Å². The van der Waals surface area contributed by atoms with Crippen molar-refractivity contribution in [3.63, 3.8) is 0 Å². The molecular weight excluding hydrogens is 244 g/mol. The molecule has 5 heteroatoms. The Balaban J connectivity index is 1.98. The highest BCUT2D eigenvalue weighted by atomic mass is 16.5.